The van der Waals surface area contributed by atoms with Crippen molar-refractivity contribution in [2.24, 2.45) is 0 Å². The molecule has 0 amide bonds. The first-order chi connectivity index (χ1) is 8.02. The normalized spacial score (nSPS) is 13.8. The maximum Gasteiger partial charge on any atom is 0.211 e. The maximum atomic E-state index is 11.6. The fraction of sp³-hybridized carbons (Fsp3) is 1.00. The summed E-state index contributed by atoms with van der Waals surface area (Å²) in [6.45, 7) is 6.19. The van der Waals surface area contributed by atoms with Gasteiger partial charge in [-0.1, -0.05) is 6.92 Å². The van der Waals surface area contributed by atoms with Crippen molar-refractivity contribution in [1.29, 1.82) is 0 Å². The van der Waals surface area contributed by atoms with Gasteiger partial charge in [-0.05, 0) is 39.3 Å². The molecule has 104 valence electrons. The molecule has 0 fully saturated rings. The summed E-state index contributed by atoms with van der Waals surface area (Å²) in [5, 5.41) is 3.25. The van der Waals surface area contributed by atoms with Gasteiger partial charge in [-0.3, -0.25) is 0 Å². The van der Waals surface area contributed by atoms with Crippen LogP contribution in [0.3, 0.4) is 0 Å². The van der Waals surface area contributed by atoms with Crippen LogP contribution in [0.1, 0.15) is 33.1 Å². The Morgan fingerprint density at radius 2 is 1.94 bits per heavy atom. The molecule has 17 heavy (non-hydrogen) atoms. The molecule has 0 aliphatic carbocycles. The quantitative estimate of drug-likeness (QED) is 0.541. The van der Waals surface area contributed by atoms with Crippen molar-refractivity contribution in [3.63, 3.8) is 0 Å². The van der Waals surface area contributed by atoms with Crippen LogP contribution in [0.5, 0.6) is 0 Å². The number of unbranched alkanes of at least 4 members (excludes halogenated alkanes) is 1. The minimum atomic E-state index is -3.15. The molecule has 0 spiro atoms. The molecule has 0 aromatic heterocycles. The van der Waals surface area contributed by atoms with Gasteiger partial charge in [0, 0.05) is 13.2 Å². The first kappa shape index (κ1) is 16.8. The third-order valence-electron chi connectivity index (χ3n) is 2.24. The van der Waals surface area contributed by atoms with Crippen LogP contribution in [-0.4, -0.2) is 47.0 Å². The number of ether oxygens (including phenoxy) is 1. The molecule has 0 aromatic rings. The minimum Gasteiger partial charge on any atom is -0.383 e. The lowest BCUT2D eigenvalue weighted by Crippen LogP contribution is -2.37. The topological polar surface area (TPSA) is 67.4 Å². The molecule has 0 rings (SSSR count). The summed E-state index contributed by atoms with van der Waals surface area (Å²) in [6, 6.07) is -0.164. The SMILES string of the molecule is CCCNCCCCS(=O)(=O)NC(C)COC. The van der Waals surface area contributed by atoms with Gasteiger partial charge in [0.05, 0.1) is 12.4 Å². The van der Waals surface area contributed by atoms with Crippen molar-refractivity contribution in [3.8, 4) is 0 Å². The van der Waals surface area contributed by atoms with Crippen LogP contribution in [0.4, 0.5) is 0 Å². The lowest BCUT2D eigenvalue weighted by Gasteiger charge is -2.13. The molecule has 1 unspecified atom stereocenters. The van der Waals surface area contributed by atoms with E-state index >= 15 is 0 Å². The summed E-state index contributed by atoms with van der Waals surface area (Å²) < 4.78 is 30.7. The van der Waals surface area contributed by atoms with Crippen LogP contribution < -0.4 is 10.0 Å². The largest absolute Gasteiger partial charge is 0.383 e. The molecule has 0 radical (unpaired) electrons. The second kappa shape index (κ2) is 9.82. The minimum absolute atomic E-state index is 0.164. The van der Waals surface area contributed by atoms with Gasteiger partial charge >= 0.3 is 0 Å². The average Bonchev–Trinajstić information content (AvgIpc) is 2.22. The molecule has 0 saturated heterocycles. The molecule has 0 heterocycles. The lowest BCUT2D eigenvalue weighted by molar-refractivity contribution is 0.180. The van der Waals surface area contributed by atoms with E-state index in [1.54, 1.807) is 14.0 Å². The van der Waals surface area contributed by atoms with Crippen LogP contribution >= 0.6 is 0 Å². The summed E-state index contributed by atoms with van der Waals surface area (Å²) in [6.07, 6.45) is 2.68. The Balaban J connectivity index is 3.64. The molecule has 0 bridgehead atoms. The number of hydrogen-bond acceptors (Lipinski definition) is 4. The van der Waals surface area contributed by atoms with Gasteiger partial charge in [0.1, 0.15) is 0 Å². The summed E-state index contributed by atoms with van der Waals surface area (Å²) >= 11 is 0. The average molecular weight is 266 g/mol. The monoisotopic (exact) mass is 266 g/mol. The van der Waals surface area contributed by atoms with E-state index in [9.17, 15) is 8.42 Å². The zero-order valence-electron chi connectivity index (χ0n) is 11.2. The second-order valence-electron chi connectivity index (χ2n) is 4.25. The van der Waals surface area contributed by atoms with Crippen LogP contribution in [0.25, 0.3) is 0 Å². The Morgan fingerprint density at radius 1 is 1.24 bits per heavy atom. The third kappa shape index (κ3) is 10.7. The first-order valence-electron chi connectivity index (χ1n) is 6.21. The molecule has 6 heteroatoms. The van der Waals surface area contributed by atoms with Gasteiger partial charge < -0.3 is 10.1 Å². The van der Waals surface area contributed by atoms with Crippen LogP contribution in [0.2, 0.25) is 0 Å². The number of hydrogen-bond donors (Lipinski definition) is 2. The number of sulfonamides is 1. The highest BCUT2D eigenvalue weighted by Crippen LogP contribution is 1.96. The lowest BCUT2D eigenvalue weighted by atomic mass is 10.3. The number of methoxy groups -OCH3 is 1. The van der Waals surface area contributed by atoms with E-state index in [4.69, 9.17) is 4.74 Å². The fourth-order valence-corrected chi connectivity index (χ4v) is 2.88. The van der Waals surface area contributed by atoms with E-state index in [0.29, 0.717) is 13.0 Å². The molecule has 5 nitrogen and oxygen atoms in total. The number of nitrogens with one attached hydrogen (secondary N) is 2. The molecule has 1 atom stereocenters. The summed E-state index contributed by atoms with van der Waals surface area (Å²) in [5.41, 5.74) is 0. The van der Waals surface area contributed by atoms with Crippen molar-refractivity contribution >= 4 is 10.0 Å². The van der Waals surface area contributed by atoms with Gasteiger partial charge in [0.15, 0.2) is 0 Å². The maximum absolute atomic E-state index is 11.6. The van der Waals surface area contributed by atoms with Crippen LogP contribution in [0.15, 0.2) is 0 Å². The van der Waals surface area contributed by atoms with Crippen molar-refractivity contribution in [3.05, 3.63) is 0 Å². The van der Waals surface area contributed by atoms with Crippen LogP contribution in [-0.2, 0) is 14.8 Å². The summed E-state index contributed by atoms with van der Waals surface area (Å²) in [7, 11) is -1.59. The van der Waals surface area contributed by atoms with Crippen molar-refractivity contribution in [1.82, 2.24) is 10.0 Å². The highest BCUT2D eigenvalue weighted by Gasteiger charge is 2.13. The van der Waals surface area contributed by atoms with E-state index in [-0.39, 0.29) is 11.8 Å². The van der Waals surface area contributed by atoms with E-state index in [2.05, 4.69) is 17.0 Å². The smallest absolute Gasteiger partial charge is 0.211 e. The van der Waals surface area contributed by atoms with E-state index < -0.39 is 10.0 Å². The van der Waals surface area contributed by atoms with Gasteiger partial charge in [-0.2, -0.15) is 0 Å². The van der Waals surface area contributed by atoms with Crippen molar-refractivity contribution in [2.45, 2.75) is 39.2 Å². The summed E-state index contributed by atoms with van der Waals surface area (Å²) in [5.74, 6) is 0.189. The van der Waals surface area contributed by atoms with E-state index in [1.807, 2.05) is 0 Å². The Morgan fingerprint density at radius 3 is 2.53 bits per heavy atom. The molecule has 0 saturated carbocycles. The molecule has 2 N–H and O–H groups in total. The van der Waals surface area contributed by atoms with Gasteiger partial charge in [0.25, 0.3) is 0 Å². The predicted octanol–water partition coefficient (Wildman–Crippen LogP) is 0.721. The van der Waals surface area contributed by atoms with E-state index in [1.165, 1.54) is 0 Å². The first-order valence-corrected chi connectivity index (χ1v) is 7.86. The Hall–Kier alpha value is -0.170. The van der Waals surface area contributed by atoms with Crippen molar-refractivity contribution < 1.29 is 13.2 Å². The third-order valence-corrected chi connectivity index (χ3v) is 3.83. The van der Waals surface area contributed by atoms with Gasteiger partial charge in [-0.25, -0.2) is 13.1 Å². The highest BCUT2D eigenvalue weighted by molar-refractivity contribution is 7.89. The Labute approximate surface area is 105 Å². The zero-order chi connectivity index (χ0) is 13.1. The van der Waals surface area contributed by atoms with Crippen LogP contribution in [0, 0.1) is 0 Å². The standard InChI is InChI=1S/C11H26N2O3S/c1-4-7-12-8-5-6-9-17(14,15)13-11(2)10-16-3/h11-13H,4-10H2,1-3H3. The van der Waals surface area contributed by atoms with Crippen molar-refractivity contribution in [2.75, 3.05) is 32.6 Å². The Bertz CT molecular complexity index is 268. The molecular weight excluding hydrogens is 240 g/mol. The van der Waals surface area contributed by atoms with Gasteiger partial charge in [0.2, 0.25) is 10.0 Å². The Kier molecular flexibility index (Phi) is 9.72. The molecule has 0 aliphatic heterocycles. The second-order valence-corrected chi connectivity index (χ2v) is 6.12. The molecule has 0 aromatic carbocycles. The number of rotatable bonds is 11. The highest BCUT2D eigenvalue weighted by atomic mass is 32.2. The summed E-state index contributed by atoms with van der Waals surface area (Å²) in [4.78, 5) is 0. The fourth-order valence-electron chi connectivity index (χ4n) is 1.49. The zero-order valence-corrected chi connectivity index (χ0v) is 12.0. The molecule has 0 aliphatic rings. The van der Waals surface area contributed by atoms with Gasteiger partial charge in [-0.15, -0.1) is 0 Å². The van der Waals surface area contributed by atoms with E-state index in [0.717, 1.165) is 25.9 Å². The predicted molar refractivity (Wildman–Crippen MR) is 70.7 cm³/mol. The molecular formula is C11H26N2O3S.